The zero-order chi connectivity index (χ0) is 40.3. The summed E-state index contributed by atoms with van der Waals surface area (Å²) >= 11 is 0. The van der Waals surface area contributed by atoms with Crippen LogP contribution in [0.15, 0.2) is 109 Å². The van der Waals surface area contributed by atoms with Crippen molar-refractivity contribution in [1.29, 1.82) is 0 Å². The average Bonchev–Trinajstić information content (AvgIpc) is 3.22. The van der Waals surface area contributed by atoms with E-state index in [0.29, 0.717) is 32.6 Å². The highest BCUT2D eigenvalue weighted by atomic mass is 16.5. The molecule has 2 aliphatic rings. The van der Waals surface area contributed by atoms with E-state index in [9.17, 15) is 14.4 Å². The maximum atomic E-state index is 14.8. The van der Waals surface area contributed by atoms with Gasteiger partial charge in [-0.3, -0.25) is 19.3 Å². The molecule has 0 bridgehead atoms. The van der Waals surface area contributed by atoms with Gasteiger partial charge in [0, 0.05) is 110 Å². The second kappa shape index (κ2) is 19.5. The van der Waals surface area contributed by atoms with Gasteiger partial charge in [-0.15, -0.1) is 0 Å². The molecule has 2 saturated heterocycles. The fourth-order valence-electron chi connectivity index (χ4n) is 7.49. The van der Waals surface area contributed by atoms with Crippen LogP contribution in [0.3, 0.4) is 0 Å². The van der Waals surface area contributed by atoms with Crippen molar-refractivity contribution in [2.45, 2.75) is 52.4 Å². The molecule has 0 N–H and O–H groups in total. The third-order valence-electron chi connectivity index (χ3n) is 10.8. The number of amides is 3. The topological polar surface area (TPSA) is 79.9 Å². The smallest absolute Gasteiger partial charge is 0.247 e. The molecule has 4 aromatic rings. The van der Waals surface area contributed by atoms with Crippen LogP contribution in [0, 0.1) is 0 Å². The molecule has 0 aromatic heterocycles. The first-order valence-electron chi connectivity index (χ1n) is 20.2. The summed E-state index contributed by atoms with van der Waals surface area (Å²) in [4.78, 5) is 53.5. The summed E-state index contributed by atoms with van der Waals surface area (Å²) in [5.41, 5.74) is 6.30. The van der Waals surface area contributed by atoms with Gasteiger partial charge in [0.05, 0.1) is 6.10 Å². The van der Waals surface area contributed by atoms with Gasteiger partial charge >= 0.3 is 0 Å². The molecule has 2 aliphatic heterocycles. The highest BCUT2D eigenvalue weighted by Gasteiger charge is 2.34. The molecule has 57 heavy (non-hydrogen) atoms. The Morgan fingerprint density at radius 3 is 1.91 bits per heavy atom. The lowest BCUT2D eigenvalue weighted by Crippen LogP contribution is -2.56. The second-order valence-corrected chi connectivity index (χ2v) is 15.6. The van der Waals surface area contributed by atoms with Crippen molar-refractivity contribution in [3.63, 3.8) is 0 Å². The van der Waals surface area contributed by atoms with Gasteiger partial charge in [-0.25, -0.2) is 0 Å². The third-order valence-corrected chi connectivity index (χ3v) is 10.8. The largest absolute Gasteiger partial charge is 0.491 e. The summed E-state index contributed by atoms with van der Waals surface area (Å²) in [5.74, 6) is 0.616. The Morgan fingerprint density at radius 2 is 1.32 bits per heavy atom. The number of nitrogens with zero attached hydrogens (tertiary/aromatic N) is 6. The summed E-state index contributed by atoms with van der Waals surface area (Å²) in [6.45, 7) is 12.3. The number of carbonyl (C=O) groups excluding carboxylic acids is 3. The minimum absolute atomic E-state index is 0.0364. The SMILES string of the molecule is CC(=O)N1CCN(c2ccc(CN(C(=O)C=Cc3ccc(OC(C)C)cc3)[C@@H](Cc3ccccc3)C(=O)N3CCN(Cc4ccc(N(C)C)cc4)CC3)cc2)CC1. The molecule has 0 unspecified atom stereocenters. The van der Waals surface area contributed by atoms with Crippen molar-refractivity contribution in [2.75, 3.05) is 76.3 Å². The van der Waals surface area contributed by atoms with E-state index in [1.807, 2.05) is 98.4 Å². The Labute approximate surface area is 338 Å². The Kier molecular flexibility index (Phi) is 14.0. The Morgan fingerprint density at radius 1 is 0.702 bits per heavy atom. The van der Waals surface area contributed by atoms with E-state index in [0.717, 1.165) is 60.9 Å². The molecule has 300 valence electrons. The number of hydrogen-bond acceptors (Lipinski definition) is 7. The third kappa shape index (κ3) is 11.5. The highest BCUT2D eigenvalue weighted by molar-refractivity contribution is 5.96. The van der Waals surface area contributed by atoms with Gasteiger partial charge in [-0.1, -0.05) is 66.7 Å². The first-order valence-corrected chi connectivity index (χ1v) is 20.2. The van der Waals surface area contributed by atoms with Crippen LogP contribution in [-0.4, -0.2) is 116 Å². The van der Waals surface area contributed by atoms with Gasteiger partial charge in [-0.2, -0.15) is 0 Å². The molecule has 1 atom stereocenters. The van der Waals surface area contributed by atoms with E-state index in [2.05, 4.69) is 63.2 Å². The number of anilines is 2. The van der Waals surface area contributed by atoms with E-state index in [1.165, 1.54) is 11.3 Å². The van der Waals surface area contributed by atoms with Crippen molar-refractivity contribution < 1.29 is 19.1 Å². The van der Waals surface area contributed by atoms with Crippen LogP contribution < -0.4 is 14.5 Å². The summed E-state index contributed by atoms with van der Waals surface area (Å²) in [7, 11) is 4.09. The summed E-state index contributed by atoms with van der Waals surface area (Å²) in [6, 6.07) is 33.9. The monoisotopic (exact) mass is 770 g/mol. The van der Waals surface area contributed by atoms with E-state index in [4.69, 9.17) is 4.74 Å². The summed E-state index contributed by atoms with van der Waals surface area (Å²) in [6.07, 6.45) is 3.87. The van der Waals surface area contributed by atoms with Crippen molar-refractivity contribution in [2.24, 2.45) is 0 Å². The van der Waals surface area contributed by atoms with Crippen LogP contribution in [0.2, 0.25) is 0 Å². The lowest BCUT2D eigenvalue weighted by atomic mass is 10.0. The van der Waals surface area contributed by atoms with Crippen LogP contribution in [0.1, 0.15) is 43.0 Å². The number of carbonyl (C=O) groups is 3. The number of ether oxygens (including phenoxy) is 1. The van der Waals surface area contributed by atoms with Crippen molar-refractivity contribution in [3.8, 4) is 5.75 Å². The molecule has 2 fully saturated rings. The Bertz CT molecular complexity index is 1930. The quantitative estimate of drug-likeness (QED) is 0.141. The molecule has 0 saturated carbocycles. The first kappa shape index (κ1) is 41.0. The standard InChI is InChI=1S/C47H58N6O4/c1-36(2)57-44-22-15-38(16-23-44)17-24-46(55)53(35-41-13-20-43(21-14-41)51-31-29-50(30-32-51)37(3)54)45(33-39-9-7-6-8-10-39)47(56)52-27-25-49(26-28-52)34-40-11-18-42(19-12-40)48(4)5/h6-24,36,45H,25-35H2,1-5H3/t45-/m0/s1. The molecule has 0 radical (unpaired) electrons. The Hall–Kier alpha value is -5.61. The fraction of sp³-hybridized carbons (Fsp3) is 0.383. The number of hydrogen-bond donors (Lipinski definition) is 0. The summed E-state index contributed by atoms with van der Waals surface area (Å²) < 4.78 is 5.82. The highest BCUT2D eigenvalue weighted by Crippen LogP contribution is 2.23. The molecule has 10 heteroatoms. The van der Waals surface area contributed by atoms with Crippen LogP contribution in [0.5, 0.6) is 5.75 Å². The fourth-order valence-corrected chi connectivity index (χ4v) is 7.49. The molecule has 3 amide bonds. The van der Waals surface area contributed by atoms with E-state index in [-0.39, 0.29) is 30.4 Å². The lowest BCUT2D eigenvalue weighted by molar-refractivity contribution is -0.145. The first-order chi connectivity index (χ1) is 27.5. The minimum Gasteiger partial charge on any atom is -0.491 e. The number of piperazine rings is 2. The maximum absolute atomic E-state index is 14.8. The van der Waals surface area contributed by atoms with E-state index >= 15 is 0 Å². The minimum atomic E-state index is -0.712. The van der Waals surface area contributed by atoms with Crippen LogP contribution in [0.4, 0.5) is 11.4 Å². The van der Waals surface area contributed by atoms with Crippen LogP contribution >= 0.6 is 0 Å². The van der Waals surface area contributed by atoms with Gasteiger partial charge in [-0.05, 0) is 78.6 Å². The van der Waals surface area contributed by atoms with Gasteiger partial charge < -0.3 is 29.2 Å². The Balaban J connectivity index is 1.23. The second-order valence-electron chi connectivity index (χ2n) is 15.6. The molecular weight excluding hydrogens is 713 g/mol. The van der Waals surface area contributed by atoms with Crippen LogP contribution in [-0.2, 0) is 33.9 Å². The molecule has 4 aromatic carbocycles. The molecule has 2 heterocycles. The maximum Gasteiger partial charge on any atom is 0.247 e. The van der Waals surface area contributed by atoms with E-state index < -0.39 is 6.04 Å². The van der Waals surface area contributed by atoms with Crippen LogP contribution in [0.25, 0.3) is 6.08 Å². The van der Waals surface area contributed by atoms with Crippen molar-refractivity contribution in [3.05, 3.63) is 131 Å². The lowest BCUT2D eigenvalue weighted by Gasteiger charge is -2.39. The van der Waals surface area contributed by atoms with Crippen molar-refractivity contribution in [1.82, 2.24) is 19.6 Å². The predicted octanol–water partition coefficient (Wildman–Crippen LogP) is 6.21. The molecule has 0 aliphatic carbocycles. The molecule has 0 spiro atoms. The molecular formula is C47H58N6O4. The van der Waals surface area contributed by atoms with Gasteiger partial charge in [0.15, 0.2) is 0 Å². The normalized spacial score (nSPS) is 15.5. The van der Waals surface area contributed by atoms with E-state index in [1.54, 1.807) is 17.9 Å². The molecule has 10 nitrogen and oxygen atoms in total. The summed E-state index contributed by atoms with van der Waals surface area (Å²) in [5, 5.41) is 0. The van der Waals surface area contributed by atoms with Gasteiger partial charge in [0.2, 0.25) is 17.7 Å². The zero-order valence-corrected chi connectivity index (χ0v) is 34.2. The zero-order valence-electron chi connectivity index (χ0n) is 34.2. The number of rotatable bonds is 14. The predicted molar refractivity (Wildman–Crippen MR) is 229 cm³/mol. The van der Waals surface area contributed by atoms with Gasteiger partial charge in [0.1, 0.15) is 11.8 Å². The number of benzene rings is 4. The van der Waals surface area contributed by atoms with Crippen molar-refractivity contribution >= 4 is 35.2 Å². The average molecular weight is 771 g/mol. The molecule has 6 rings (SSSR count). The van der Waals surface area contributed by atoms with Gasteiger partial charge in [0.25, 0.3) is 0 Å².